The van der Waals surface area contributed by atoms with Crippen molar-refractivity contribution in [2.45, 2.75) is 13.0 Å². The van der Waals surface area contributed by atoms with Gasteiger partial charge in [-0.15, -0.1) is 0 Å². The molecule has 2 aromatic rings. The van der Waals surface area contributed by atoms with Crippen LogP contribution >= 0.6 is 0 Å². The largest absolute Gasteiger partial charge is 0.463 e. The average Bonchev–Trinajstić information content (AvgIpc) is 2.93. The summed E-state index contributed by atoms with van der Waals surface area (Å²) < 4.78 is 22.5. The van der Waals surface area contributed by atoms with Gasteiger partial charge in [0.1, 0.15) is 5.82 Å². The third-order valence-electron chi connectivity index (χ3n) is 2.94. The van der Waals surface area contributed by atoms with Gasteiger partial charge in [-0.05, 0) is 36.7 Å². The lowest BCUT2D eigenvalue weighted by Crippen LogP contribution is -2.18. The molecule has 0 amide bonds. The van der Waals surface area contributed by atoms with Crippen LogP contribution in [0.3, 0.4) is 0 Å². The number of carbonyl (C=O) groups excluding carboxylic acids is 1. The Bertz CT molecular complexity index is 563. The zero-order valence-corrected chi connectivity index (χ0v) is 11.2. The van der Waals surface area contributed by atoms with Gasteiger partial charge in [0, 0.05) is 12.1 Å². The summed E-state index contributed by atoms with van der Waals surface area (Å²) in [6.45, 7) is 1.24. The predicted molar refractivity (Wildman–Crippen MR) is 71.9 cm³/mol. The van der Waals surface area contributed by atoms with E-state index in [1.807, 2.05) is 0 Å². The monoisotopic (exact) mass is 277 g/mol. The first kappa shape index (κ1) is 14.3. The van der Waals surface area contributed by atoms with Gasteiger partial charge in [0.05, 0.1) is 13.4 Å². The standard InChI is InChI=1S/C15H16FNO3/c1-19-15(18)14-12(7-9-20-14)10-17-8-6-11-2-4-13(16)5-3-11/h2-5,7,9,17H,6,8,10H2,1H3. The summed E-state index contributed by atoms with van der Waals surface area (Å²) in [7, 11) is 1.32. The molecule has 1 heterocycles. The smallest absolute Gasteiger partial charge is 0.374 e. The number of benzene rings is 1. The van der Waals surface area contributed by atoms with Gasteiger partial charge in [-0.1, -0.05) is 12.1 Å². The molecule has 1 N–H and O–H groups in total. The number of rotatable bonds is 6. The number of hydrogen-bond acceptors (Lipinski definition) is 4. The Kier molecular flexibility index (Phi) is 4.90. The highest BCUT2D eigenvalue weighted by molar-refractivity contribution is 5.87. The summed E-state index contributed by atoms with van der Waals surface area (Å²) in [4.78, 5) is 11.4. The number of methoxy groups -OCH3 is 1. The van der Waals surface area contributed by atoms with Crippen molar-refractivity contribution >= 4 is 5.97 Å². The van der Waals surface area contributed by atoms with Crippen LogP contribution < -0.4 is 5.32 Å². The SMILES string of the molecule is COC(=O)c1occc1CNCCc1ccc(F)cc1. The van der Waals surface area contributed by atoms with Crippen molar-refractivity contribution in [3.05, 3.63) is 59.3 Å². The Balaban J connectivity index is 1.80. The van der Waals surface area contributed by atoms with Crippen LogP contribution in [-0.2, 0) is 17.7 Å². The first-order chi connectivity index (χ1) is 9.70. The maximum absolute atomic E-state index is 12.7. The van der Waals surface area contributed by atoms with Crippen LogP contribution in [0.1, 0.15) is 21.7 Å². The third-order valence-corrected chi connectivity index (χ3v) is 2.94. The summed E-state index contributed by atoms with van der Waals surface area (Å²) in [5.41, 5.74) is 1.82. The summed E-state index contributed by atoms with van der Waals surface area (Å²) in [5.74, 6) is -0.491. The fraction of sp³-hybridized carbons (Fsp3) is 0.267. The van der Waals surface area contributed by atoms with Crippen LogP contribution in [0.4, 0.5) is 4.39 Å². The van der Waals surface area contributed by atoms with Gasteiger partial charge in [-0.25, -0.2) is 9.18 Å². The molecule has 0 saturated heterocycles. The van der Waals surface area contributed by atoms with Crippen LogP contribution in [0.2, 0.25) is 0 Å². The number of furan rings is 1. The number of nitrogens with one attached hydrogen (secondary N) is 1. The molecule has 0 spiro atoms. The number of hydrogen-bond donors (Lipinski definition) is 1. The molecule has 5 heteroatoms. The number of carbonyl (C=O) groups is 1. The third kappa shape index (κ3) is 3.68. The van der Waals surface area contributed by atoms with E-state index in [0.29, 0.717) is 6.54 Å². The van der Waals surface area contributed by atoms with E-state index in [1.165, 1.54) is 25.5 Å². The number of ether oxygens (including phenoxy) is 1. The molecule has 0 aliphatic rings. The predicted octanol–water partition coefficient (Wildman–Crippen LogP) is 2.54. The van der Waals surface area contributed by atoms with Crippen LogP contribution in [0.5, 0.6) is 0 Å². The van der Waals surface area contributed by atoms with E-state index in [1.54, 1.807) is 18.2 Å². The molecule has 20 heavy (non-hydrogen) atoms. The van der Waals surface area contributed by atoms with Crippen molar-refractivity contribution in [1.82, 2.24) is 5.32 Å². The number of halogens is 1. The maximum atomic E-state index is 12.7. The molecule has 1 aromatic heterocycles. The van der Waals surface area contributed by atoms with Gasteiger partial charge < -0.3 is 14.5 Å². The highest BCUT2D eigenvalue weighted by Gasteiger charge is 2.14. The summed E-state index contributed by atoms with van der Waals surface area (Å²) in [6, 6.07) is 8.14. The molecule has 0 aliphatic heterocycles. The maximum Gasteiger partial charge on any atom is 0.374 e. The molecule has 0 saturated carbocycles. The molecule has 1 aromatic carbocycles. The molecule has 0 fully saturated rings. The van der Waals surface area contributed by atoms with Crippen molar-refractivity contribution in [3.63, 3.8) is 0 Å². The van der Waals surface area contributed by atoms with E-state index < -0.39 is 5.97 Å². The Morgan fingerprint density at radius 2 is 2.05 bits per heavy atom. The van der Waals surface area contributed by atoms with Gasteiger partial charge in [0.25, 0.3) is 0 Å². The van der Waals surface area contributed by atoms with Gasteiger partial charge >= 0.3 is 5.97 Å². The normalized spacial score (nSPS) is 10.5. The average molecular weight is 277 g/mol. The molecule has 0 unspecified atom stereocenters. The lowest BCUT2D eigenvalue weighted by atomic mass is 10.1. The molecule has 2 rings (SSSR count). The molecule has 0 aliphatic carbocycles. The van der Waals surface area contributed by atoms with E-state index >= 15 is 0 Å². The van der Waals surface area contributed by atoms with E-state index in [4.69, 9.17) is 4.42 Å². The van der Waals surface area contributed by atoms with Crippen LogP contribution in [0, 0.1) is 5.82 Å². The first-order valence-electron chi connectivity index (χ1n) is 6.30. The fourth-order valence-electron chi connectivity index (χ4n) is 1.85. The Morgan fingerprint density at radius 1 is 1.30 bits per heavy atom. The lowest BCUT2D eigenvalue weighted by Gasteiger charge is -2.05. The topological polar surface area (TPSA) is 51.5 Å². The molecule has 0 radical (unpaired) electrons. The lowest BCUT2D eigenvalue weighted by molar-refractivity contribution is 0.0563. The van der Waals surface area contributed by atoms with E-state index in [9.17, 15) is 9.18 Å². The van der Waals surface area contributed by atoms with Crippen molar-refractivity contribution < 1.29 is 18.3 Å². The van der Waals surface area contributed by atoms with Crippen LogP contribution in [-0.4, -0.2) is 19.6 Å². The van der Waals surface area contributed by atoms with Crippen molar-refractivity contribution in [2.75, 3.05) is 13.7 Å². The first-order valence-corrected chi connectivity index (χ1v) is 6.30. The van der Waals surface area contributed by atoms with E-state index in [0.717, 1.165) is 24.1 Å². The molecule has 0 bridgehead atoms. The minimum Gasteiger partial charge on any atom is -0.463 e. The van der Waals surface area contributed by atoms with Crippen LogP contribution in [0.25, 0.3) is 0 Å². The Morgan fingerprint density at radius 3 is 2.75 bits per heavy atom. The molecule has 4 nitrogen and oxygen atoms in total. The highest BCUT2D eigenvalue weighted by atomic mass is 19.1. The number of esters is 1. The van der Waals surface area contributed by atoms with Gasteiger partial charge in [0.2, 0.25) is 5.76 Å². The van der Waals surface area contributed by atoms with Gasteiger partial charge in [0.15, 0.2) is 0 Å². The van der Waals surface area contributed by atoms with Gasteiger partial charge in [-0.3, -0.25) is 0 Å². The summed E-state index contributed by atoms with van der Waals surface area (Å²) in [5, 5.41) is 3.21. The van der Waals surface area contributed by atoms with Crippen molar-refractivity contribution in [1.29, 1.82) is 0 Å². The van der Waals surface area contributed by atoms with Gasteiger partial charge in [-0.2, -0.15) is 0 Å². The Labute approximate surface area is 116 Å². The Hall–Kier alpha value is -2.14. The fourth-order valence-corrected chi connectivity index (χ4v) is 1.85. The minimum atomic E-state index is -0.481. The van der Waals surface area contributed by atoms with Crippen LogP contribution in [0.15, 0.2) is 41.0 Å². The zero-order chi connectivity index (χ0) is 14.4. The summed E-state index contributed by atoms with van der Waals surface area (Å²) in [6.07, 6.45) is 2.24. The highest BCUT2D eigenvalue weighted by Crippen LogP contribution is 2.11. The molecular weight excluding hydrogens is 261 g/mol. The van der Waals surface area contributed by atoms with Crippen molar-refractivity contribution in [3.8, 4) is 0 Å². The van der Waals surface area contributed by atoms with E-state index in [2.05, 4.69) is 10.1 Å². The second-order valence-corrected chi connectivity index (χ2v) is 4.32. The summed E-state index contributed by atoms with van der Waals surface area (Å²) >= 11 is 0. The molecular formula is C15H16FNO3. The second-order valence-electron chi connectivity index (χ2n) is 4.32. The second kappa shape index (κ2) is 6.86. The van der Waals surface area contributed by atoms with Crippen molar-refractivity contribution in [2.24, 2.45) is 0 Å². The zero-order valence-electron chi connectivity index (χ0n) is 11.2. The van der Waals surface area contributed by atoms with E-state index in [-0.39, 0.29) is 11.6 Å². The molecule has 0 atom stereocenters. The quantitative estimate of drug-likeness (QED) is 0.651. The minimum absolute atomic E-state index is 0.224. The molecule has 106 valence electrons.